The molecule has 0 bridgehead atoms. The van der Waals surface area contributed by atoms with E-state index in [0.717, 1.165) is 12.8 Å². The lowest BCUT2D eigenvalue weighted by atomic mass is 10.1. The molecule has 1 aromatic carbocycles. The minimum absolute atomic E-state index is 0.0686. The second kappa shape index (κ2) is 7.41. The second-order valence-electron chi connectivity index (χ2n) is 5.65. The van der Waals surface area contributed by atoms with Gasteiger partial charge in [-0.1, -0.05) is 40.9 Å². The second-order valence-corrected chi connectivity index (χ2v) is 6.87. The van der Waals surface area contributed by atoms with Crippen molar-refractivity contribution in [3.8, 4) is 5.75 Å². The van der Waals surface area contributed by atoms with Crippen LogP contribution < -0.4 is 4.74 Å². The predicted octanol–water partition coefficient (Wildman–Crippen LogP) is 5.51. The Hall–Kier alpha value is -0.450. The summed E-state index contributed by atoms with van der Waals surface area (Å²) in [5.41, 5.74) is 0. The van der Waals surface area contributed by atoms with Crippen molar-refractivity contribution in [2.45, 2.75) is 44.7 Å². The summed E-state index contributed by atoms with van der Waals surface area (Å²) >= 11 is 18.0. The van der Waals surface area contributed by atoms with Crippen LogP contribution in [0.1, 0.15) is 26.7 Å². The van der Waals surface area contributed by atoms with Crippen LogP contribution in [0.2, 0.25) is 15.1 Å². The van der Waals surface area contributed by atoms with E-state index in [1.54, 1.807) is 12.1 Å². The van der Waals surface area contributed by atoms with Gasteiger partial charge in [-0.2, -0.15) is 0 Å². The van der Waals surface area contributed by atoms with Crippen LogP contribution in [0.25, 0.3) is 0 Å². The maximum atomic E-state index is 6.11. The maximum absolute atomic E-state index is 6.11. The van der Waals surface area contributed by atoms with Crippen LogP contribution in [0, 0.1) is 0 Å². The van der Waals surface area contributed by atoms with E-state index in [0.29, 0.717) is 27.4 Å². The van der Waals surface area contributed by atoms with E-state index in [4.69, 9.17) is 49.0 Å². The van der Waals surface area contributed by atoms with Crippen molar-refractivity contribution in [2.75, 3.05) is 6.61 Å². The van der Waals surface area contributed by atoms with Crippen LogP contribution >= 0.6 is 34.8 Å². The Morgan fingerprint density at radius 2 is 1.82 bits per heavy atom. The fraction of sp³-hybridized carbons (Fsp3) is 0.500. The largest absolute Gasteiger partial charge is 0.489 e. The standard InChI is InChI=1S/C16H19Cl3O3/c1-4-5-10-6-11(22-16(2,3)21-10)9-20-15-8-13(18)12(17)7-14(15)19/h4,7-8,10-11H,1,5-6,9H2,2-3H3/t10-,11-/m0/s1. The van der Waals surface area contributed by atoms with Crippen LogP contribution in [0.3, 0.4) is 0 Å². The highest BCUT2D eigenvalue weighted by atomic mass is 35.5. The molecule has 122 valence electrons. The molecule has 1 fully saturated rings. The van der Waals surface area contributed by atoms with Gasteiger partial charge in [-0.25, -0.2) is 0 Å². The van der Waals surface area contributed by atoms with E-state index in [2.05, 4.69) is 6.58 Å². The lowest BCUT2D eigenvalue weighted by molar-refractivity contribution is -0.301. The Balaban J connectivity index is 2.01. The Bertz CT molecular complexity index is 546. The third-order valence-corrected chi connectivity index (χ3v) is 4.27. The van der Waals surface area contributed by atoms with Crippen molar-refractivity contribution in [3.63, 3.8) is 0 Å². The lowest BCUT2D eigenvalue weighted by Gasteiger charge is -2.40. The van der Waals surface area contributed by atoms with E-state index in [-0.39, 0.29) is 12.2 Å². The van der Waals surface area contributed by atoms with Crippen molar-refractivity contribution >= 4 is 34.8 Å². The fourth-order valence-corrected chi connectivity index (χ4v) is 3.04. The molecule has 1 heterocycles. The molecule has 1 aliphatic rings. The monoisotopic (exact) mass is 364 g/mol. The average Bonchev–Trinajstić information content (AvgIpc) is 2.40. The molecule has 0 amide bonds. The molecular formula is C16H19Cl3O3. The van der Waals surface area contributed by atoms with E-state index in [9.17, 15) is 0 Å². The summed E-state index contributed by atoms with van der Waals surface area (Å²) in [7, 11) is 0. The third-order valence-electron chi connectivity index (χ3n) is 3.26. The molecule has 1 saturated heterocycles. The van der Waals surface area contributed by atoms with Gasteiger partial charge in [-0.3, -0.25) is 0 Å². The van der Waals surface area contributed by atoms with Gasteiger partial charge in [0.05, 0.1) is 27.3 Å². The van der Waals surface area contributed by atoms with E-state index in [1.807, 2.05) is 19.9 Å². The molecule has 3 nitrogen and oxygen atoms in total. The van der Waals surface area contributed by atoms with Crippen molar-refractivity contribution in [1.82, 2.24) is 0 Å². The van der Waals surface area contributed by atoms with Gasteiger partial charge in [0, 0.05) is 12.5 Å². The highest BCUT2D eigenvalue weighted by Gasteiger charge is 2.35. The summed E-state index contributed by atoms with van der Waals surface area (Å²) in [5, 5.41) is 1.22. The van der Waals surface area contributed by atoms with Gasteiger partial charge in [-0.15, -0.1) is 6.58 Å². The minimum Gasteiger partial charge on any atom is -0.489 e. The van der Waals surface area contributed by atoms with Crippen molar-refractivity contribution < 1.29 is 14.2 Å². The van der Waals surface area contributed by atoms with Gasteiger partial charge < -0.3 is 14.2 Å². The summed E-state index contributed by atoms with van der Waals surface area (Å²) < 4.78 is 17.5. The topological polar surface area (TPSA) is 27.7 Å². The normalized spacial score (nSPS) is 24.0. The number of halogens is 3. The highest BCUT2D eigenvalue weighted by molar-refractivity contribution is 6.43. The Morgan fingerprint density at radius 3 is 2.50 bits per heavy atom. The van der Waals surface area contributed by atoms with E-state index < -0.39 is 5.79 Å². The fourth-order valence-electron chi connectivity index (χ4n) is 2.45. The molecule has 0 unspecified atom stereocenters. The first-order valence-corrected chi connectivity index (χ1v) is 8.18. The third kappa shape index (κ3) is 4.77. The van der Waals surface area contributed by atoms with Gasteiger partial charge >= 0.3 is 0 Å². The van der Waals surface area contributed by atoms with Gasteiger partial charge in [0.25, 0.3) is 0 Å². The summed E-state index contributed by atoms with van der Waals surface area (Å²) in [5.74, 6) is -0.161. The molecule has 6 heteroatoms. The van der Waals surface area contributed by atoms with Gasteiger partial charge in [0.2, 0.25) is 0 Å². The summed E-state index contributed by atoms with van der Waals surface area (Å²) in [4.78, 5) is 0. The molecule has 22 heavy (non-hydrogen) atoms. The molecule has 0 aliphatic carbocycles. The van der Waals surface area contributed by atoms with Gasteiger partial charge in [-0.05, 0) is 26.3 Å². The molecule has 2 rings (SSSR count). The van der Waals surface area contributed by atoms with Crippen LogP contribution in [0.4, 0.5) is 0 Å². The lowest BCUT2D eigenvalue weighted by Crippen LogP contribution is -2.46. The molecule has 2 atom stereocenters. The number of rotatable bonds is 5. The summed E-state index contributed by atoms with van der Waals surface area (Å²) in [6.45, 7) is 7.89. The molecule has 0 spiro atoms. The first kappa shape index (κ1) is 17.9. The average molecular weight is 366 g/mol. The highest BCUT2D eigenvalue weighted by Crippen LogP contribution is 2.35. The zero-order chi connectivity index (χ0) is 16.3. The molecule has 0 N–H and O–H groups in total. The predicted molar refractivity (Wildman–Crippen MR) is 90.2 cm³/mol. The van der Waals surface area contributed by atoms with Crippen molar-refractivity contribution in [3.05, 3.63) is 39.9 Å². The van der Waals surface area contributed by atoms with Gasteiger partial charge in [0.15, 0.2) is 5.79 Å². The Morgan fingerprint density at radius 1 is 1.18 bits per heavy atom. The summed E-state index contributed by atoms with van der Waals surface area (Å²) in [6.07, 6.45) is 3.32. The van der Waals surface area contributed by atoms with Crippen LogP contribution in [0.5, 0.6) is 5.75 Å². The molecule has 0 aromatic heterocycles. The number of ether oxygens (including phenoxy) is 3. The molecule has 1 aliphatic heterocycles. The first-order chi connectivity index (χ1) is 10.3. The summed E-state index contributed by atoms with van der Waals surface area (Å²) in [6, 6.07) is 3.17. The molecular weight excluding hydrogens is 347 g/mol. The minimum atomic E-state index is -0.651. The van der Waals surface area contributed by atoms with E-state index >= 15 is 0 Å². The zero-order valence-electron chi connectivity index (χ0n) is 12.6. The molecule has 1 aromatic rings. The Labute approximate surface area is 146 Å². The van der Waals surface area contributed by atoms with Crippen molar-refractivity contribution in [1.29, 1.82) is 0 Å². The SMILES string of the molecule is C=CC[C@H]1C[C@@H](COc2cc(Cl)c(Cl)cc2Cl)OC(C)(C)O1. The van der Waals surface area contributed by atoms with Crippen LogP contribution in [-0.2, 0) is 9.47 Å². The van der Waals surface area contributed by atoms with Gasteiger partial charge in [0.1, 0.15) is 12.4 Å². The molecule has 0 saturated carbocycles. The number of hydrogen-bond acceptors (Lipinski definition) is 3. The van der Waals surface area contributed by atoms with E-state index in [1.165, 1.54) is 0 Å². The number of hydrogen-bond donors (Lipinski definition) is 0. The van der Waals surface area contributed by atoms with Crippen LogP contribution in [-0.4, -0.2) is 24.6 Å². The molecule has 0 radical (unpaired) electrons. The maximum Gasteiger partial charge on any atom is 0.163 e. The van der Waals surface area contributed by atoms with Crippen LogP contribution in [0.15, 0.2) is 24.8 Å². The quantitative estimate of drug-likeness (QED) is 0.508. The zero-order valence-corrected chi connectivity index (χ0v) is 14.8. The number of benzene rings is 1. The van der Waals surface area contributed by atoms with Crippen molar-refractivity contribution in [2.24, 2.45) is 0 Å². The smallest absolute Gasteiger partial charge is 0.163 e. The Kier molecular flexibility index (Phi) is 6.03. The first-order valence-electron chi connectivity index (χ1n) is 7.04.